The second kappa shape index (κ2) is 6.21. The number of aromatic nitrogens is 2. The lowest BCUT2D eigenvalue weighted by atomic mass is 10.0. The fourth-order valence-electron chi connectivity index (χ4n) is 2.11. The number of nitrogens with zero attached hydrogens (tertiary/aromatic N) is 2. The predicted molar refractivity (Wildman–Crippen MR) is 75.9 cm³/mol. The van der Waals surface area contributed by atoms with E-state index in [0.29, 0.717) is 13.1 Å². The van der Waals surface area contributed by atoms with E-state index in [9.17, 15) is 9.59 Å². The number of carbonyl (C=O) groups is 1. The van der Waals surface area contributed by atoms with Crippen LogP contribution in [0.15, 0.2) is 41.5 Å². The SMILES string of the molecule is CCn1ccn(Cc2ccccc2CC(=O)NN)c1=O. The van der Waals surface area contributed by atoms with Crippen LogP contribution >= 0.6 is 0 Å². The van der Waals surface area contributed by atoms with E-state index in [1.54, 1.807) is 21.5 Å². The van der Waals surface area contributed by atoms with Crippen LogP contribution in [0, 0.1) is 0 Å². The average Bonchev–Trinajstić information content (AvgIpc) is 2.81. The molecule has 0 atom stereocenters. The number of hydrogen-bond donors (Lipinski definition) is 2. The van der Waals surface area contributed by atoms with Crippen LogP contribution in [0.4, 0.5) is 0 Å². The lowest BCUT2D eigenvalue weighted by molar-refractivity contribution is -0.120. The Morgan fingerprint density at radius 2 is 1.85 bits per heavy atom. The van der Waals surface area contributed by atoms with Crippen molar-refractivity contribution in [2.75, 3.05) is 0 Å². The van der Waals surface area contributed by atoms with Crippen molar-refractivity contribution in [3.05, 3.63) is 58.3 Å². The van der Waals surface area contributed by atoms with Crippen LogP contribution in [0.5, 0.6) is 0 Å². The molecule has 3 N–H and O–H groups in total. The fourth-order valence-corrected chi connectivity index (χ4v) is 2.11. The highest BCUT2D eigenvalue weighted by Gasteiger charge is 2.09. The van der Waals surface area contributed by atoms with Gasteiger partial charge < -0.3 is 0 Å². The van der Waals surface area contributed by atoms with E-state index in [-0.39, 0.29) is 18.0 Å². The highest BCUT2D eigenvalue weighted by Crippen LogP contribution is 2.10. The van der Waals surface area contributed by atoms with Crippen LogP contribution in [-0.2, 0) is 24.3 Å². The van der Waals surface area contributed by atoms with Gasteiger partial charge in [-0.25, -0.2) is 10.6 Å². The Morgan fingerprint density at radius 1 is 1.20 bits per heavy atom. The topological polar surface area (TPSA) is 82.1 Å². The van der Waals surface area contributed by atoms with Gasteiger partial charge in [0, 0.05) is 18.9 Å². The van der Waals surface area contributed by atoms with E-state index in [0.717, 1.165) is 11.1 Å². The Bertz CT molecular complexity index is 657. The van der Waals surface area contributed by atoms with Crippen molar-refractivity contribution in [2.45, 2.75) is 26.4 Å². The molecule has 0 unspecified atom stereocenters. The van der Waals surface area contributed by atoms with E-state index >= 15 is 0 Å². The number of imidazole rings is 1. The third-order valence-corrected chi connectivity index (χ3v) is 3.23. The van der Waals surface area contributed by atoms with Crippen LogP contribution < -0.4 is 17.0 Å². The highest BCUT2D eigenvalue weighted by molar-refractivity contribution is 5.78. The summed E-state index contributed by atoms with van der Waals surface area (Å²) in [4.78, 5) is 23.4. The Balaban J connectivity index is 2.27. The summed E-state index contributed by atoms with van der Waals surface area (Å²) in [5.41, 5.74) is 3.87. The molecule has 1 aromatic heterocycles. The molecule has 20 heavy (non-hydrogen) atoms. The number of nitrogens with one attached hydrogen (secondary N) is 1. The average molecular weight is 274 g/mol. The van der Waals surface area contributed by atoms with Gasteiger partial charge in [-0.1, -0.05) is 24.3 Å². The number of rotatable bonds is 5. The number of aryl methyl sites for hydroxylation is 1. The number of hydrazine groups is 1. The molecule has 0 radical (unpaired) electrons. The van der Waals surface area contributed by atoms with E-state index < -0.39 is 0 Å². The van der Waals surface area contributed by atoms with Crippen LogP contribution in [0.25, 0.3) is 0 Å². The summed E-state index contributed by atoms with van der Waals surface area (Å²) in [6.07, 6.45) is 3.72. The summed E-state index contributed by atoms with van der Waals surface area (Å²) >= 11 is 0. The summed E-state index contributed by atoms with van der Waals surface area (Å²) in [6.45, 7) is 3.01. The van der Waals surface area contributed by atoms with Crippen LogP contribution in [-0.4, -0.2) is 15.0 Å². The molecule has 1 heterocycles. The van der Waals surface area contributed by atoms with Gasteiger partial charge in [0.2, 0.25) is 5.91 Å². The lowest BCUT2D eigenvalue weighted by Gasteiger charge is -2.09. The second-order valence-corrected chi connectivity index (χ2v) is 4.51. The van der Waals surface area contributed by atoms with Gasteiger partial charge in [-0.2, -0.15) is 0 Å². The van der Waals surface area contributed by atoms with Crippen molar-refractivity contribution < 1.29 is 4.79 Å². The first-order chi connectivity index (χ1) is 9.65. The number of carbonyl (C=O) groups excluding carboxylic acids is 1. The monoisotopic (exact) mass is 274 g/mol. The molecule has 0 saturated heterocycles. The minimum Gasteiger partial charge on any atom is -0.300 e. The second-order valence-electron chi connectivity index (χ2n) is 4.51. The third kappa shape index (κ3) is 2.97. The van der Waals surface area contributed by atoms with Crippen LogP contribution in [0.3, 0.4) is 0 Å². The van der Waals surface area contributed by atoms with Crippen molar-refractivity contribution in [3.63, 3.8) is 0 Å². The normalized spacial score (nSPS) is 10.5. The van der Waals surface area contributed by atoms with Crippen molar-refractivity contribution >= 4 is 5.91 Å². The first-order valence-electron chi connectivity index (χ1n) is 6.47. The van der Waals surface area contributed by atoms with E-state index in [1.807, 2.05) is 31.2 Å². The molecule has 0 aliphatic carbocycles. The quantitative estimate of drug-likeness (QED) is 0.466. The Hall–Kier alpha value is -2.34. The molecule has 2 rings (SSSR count). The lowest BCUT2D eigenvalue weighted by Crippen LogP contribution is -2.32. The molecule has 2 aromatic rings. The zero-order valence-corrected chi connectivity index (χ0v) is 11.4. The molecule has 0 spiro atoms. The number of nitrogens with two attached hydrogens (primary N) is 1. The van der Waals surface area contributed by atoms with Gasteiger partial charge in [0.25, 0.3) is 0 Å². The molecule has 1 amide bonds. The van der Waals surface area contributed by atoms with Gasteiger partial charge >= 0.3 is 5.69 Å². The smallest absolute Gasteiger partial charge is 0.300 e. The van der Waals surface area contributed by atoms with Gasteiger partial charge in [0.05, 0.1) is 13.0 Å². The zero-order chi connectivity index (χ0) is 14.5. The van der Waals surface area contributed by atoms with Crippen LogP contribution in [0.2, 0.25) is 0 Å². The Labute approximate surface area is 116 Å². The summed E-state index contributed by atoms with van der Waals surface area (Å²) in [6, 6.07) is 7.53. The summed E-state index contributed by atoms with van der Waals surface area (Å²) in [7, 11) is 0. The molecular formula is C14H18N4O2. The van der Waals surface area contributed by atoms with Gasteiger partial charge in [0.1, 0.15) is 0 Å². The van der Waals surface area contributed by atoms with Gasteiger partial charge in [-0.05, 0) is 18.1 Å². The standard InChI is InChI=1S/C14H18N4O2/c1-2-17-7-8-18(14(17)20)10-12-6-4-3-5-11(12)9-13(19)16-15/h3-8H,2,9-10,15H2,1H3,(H,16,19). The molecule has 106 valence electrons. The van der Waals surface area contributed by atoms with E-state index in [1.165, 1.54) is 0 Å². The largest absolute Gasteiger partial charge is 0.328 e. The molecule has 0 aliphatic rings. The van der Waals surface area contributed by atoms with E-state index in [2.05, 4.69) is 5.43 Å². The highest BCUT2D eigenvalue weighted by atomic mass is 16.2. The predicted octanol–water partition coefficient (Wildman–Crippen LogP) is 0.250. The Kier molecular flexibility index (Phi) is 4.37. The zero-order valence-electron chi connectivity index (χ0n) is 11.4. The molecule has 6 heteroatoms. The van der Waals surface area contributed by atoms with Crippen molar-refractivity contribution in [3.8, 4) is 0 Å². The van der Waals surface area contributed by atoms with E-state index in [4.69, 9.17) is 5.84 Å². The minimum atomic E-state index is -0.254. The van der Waals surface area contributed by atoms with Gasteiger partial charge in [-0.3, -0.25) is 19.4 Å². The number of hydrogen-bond acceptors (Lipinski definition) is 3. The minimum absolute atomic E-state index is 0.0504. The maximum absolute atomic E-state index is 12.0. The molecule has 0 saturated carbocycles. The maximum Gasteiger partial charge on any atom is 0.328 e. The maximum atomic E-state index is 12.0. The fraction of sp³-hybridized carbons (Fsp3) is 0.286. The molecule has 1 aromatic carbocycles. The summed E-state index contributed by atoms with van der Waals surface area (Å²) in [5.74, 6) is 4.86. The molecule has 0 fully saturated rings. The van der Waals surface area contributed by atoms with Crippen LogP contribution in [0.1, 0.15) is 18.1 Å². The first kappa shape index (κ1) is 14.1. The molecule has 0 bridgehead atoms. The summed E-state index contributed by atoms with van der Waals surface area (Å²) < 4.78 is 3.26. The number of amides is 1. The van der Waals surface area contributed by atoms with Crippen molar-refractivity contribution in [1.29, 1.82) is 0 Å². The third-order valence-electron chi connectivity index (χ3n) is 3.23. The molecular weight excluding hydrogens is 256 g/mol. The van der Waals surface area contributed by atoms with Gasteiger partial charge in [0.15, 0.2) is 0 Å². The molecule has 6 nitrogen and oxygen atoms in total. The van der Waals surface area contributed by atoms with Gasteiger partial charge in [-0.15, -0.1) is 0 Å². The molecule has 0 aliphatic heterocycles. The Morgan fingerprint density at radius 3 is 2.45 bits per heavy atom. The summed E-state index contributed by atoms with van der Waals surface area (Å²) in [5, 5.41) is 0. The van der Waals surface area contributed by atoms with Crippen molar-refractivity contribution in [1.82, 2.24) is 14.6 Å². The van der Waals surface area contributed by atoms with Crippen molar-refractivity contribution in [2.24, 2.45) is 5.84 Å². The first-order valence-corrected chi connectivity index (χ1v) is 6.47. The number of benzene rings is 1.